The van der Waals surface area contributed by atoms with Crippen molar-refractivity contribution in [2.24, 2.45) is 5.92 Å². The molecule has 0 aliphatic carbocycles. The van der Waals surface area contributed by atoms with Crippen molar-refractivity contribution in [3.63, 3.8) is 0 Å². The van der Waals surface area contributed by atoms with Crippen molar-refractivity contribution in [1.29, 1.82) is 0 Å². The molecule has 0 spiro atoms. The second kappa shape index (κ2) is 14.6. The highest BCUT2D eigenvalue weighted by molar-refractivity contribution is 6.32. The highest BCUT2D eigenvalue weighted by Gasteiger charge is 2.29. The normalized spacial score (nSPS) is 17.5. The van der Waals surface area contributed by atoms with Gasteiger partial charge in [0, 0.05) is 37.8 Å². The van der Waals surface area contributed by atoms with Gasteiger partial charge in [-0.05, 0) is 62.9 Å². The minimum absolute atomic E-state index is 0.170. The van der Waals surface area contributed by atoms with Gasteiger partial charge < -0.3 is 15.5 Å². The lowest BCUT2D eigenvalue weighted by Crippen LogP contribution is -2.39. The topological polar surface area (TPSA) is 168 Å². The summed E-state index contributed by atoms with van der Waals surface area (Å²) in [5.41, 5.74) is 4.22. The first-order valence-corrected chi connectivity index (χ1v) is 17.4. The molecule has 4 amide bonds. The Hall–Kier alpha value is -5.12. The van der Waals surface area contributed by atoms with Crippen molar-refractivity contribution in [2.75, 3.05) is 42.2 Å². The van der Waals surface area contributed by atoms with E-state index in [1.165, 1.54) is 23.4 Å². The number of nitrogens with zero attached hydrogens (tertiary/aromatic N) is 9. The van der Waals surface area contributed by atoms with E-state index in [0.29, 0.717) is 46.8 Å². The first-order valence-electron chi connectivity index (χ1n) is 16.7. The molecule has 51 heavy (non-hydrogen) atoms. The molecular formula is C34H36Cl2N12O3. The number of anilines is 3. The number of benzene rings is 1. The van der Waals surface area contributed by atoms with E-state index in [-0.39, 0.29) is 28.8 Å². The predicted octanol–water partition coefficient (Wildman–Crippen LogP) is 5.09. The van der Waals surface area contributed by atoms with Gasteiger partial charge in [0.15, 0.2) is 16.6 Å². The number of halogens is 2. The van der Waals surface area contributed by atoms with Crippen LogP contribution in [0, 0.1) is 5.92 Å². The van der Waals surface area contributed by atoms with E-state index in [9.17, 15) is 14.4 Å². The van der Waals surface area contributed by atoms with Gasteiger partial charge in [-0.25, -0.2) is 19.3 Å². The summed E-state index contributed by atoms with van der Waals surface area (Å²) < 4.78 is 1.67. The van der Waals surface area contributed by atoms with Crippen LogP contribution in [-0.4, -0.2) is 84.0 Å². The molecule has 2 atom stereocenters. The molecule has 0 saturated carbocycles. The molecule has 0 bridgehead atoms. The summed E-state index contributed by atoms with van der Waals surface area (Å²) >= 11 is 12.7. The zero-order chi connectivity index (χ0) is 35.6. The third-order valence-electron chi connectivity index (χ3n) is 9.54. The molecule has 5 aromatic rings. The third kappa shape index (κ3) is 7.50. The van der Waals surface area contributed by atoms with Crippen molar-refractivity contribution in [1.82, 2.24) is 44.8 Å². The molecule has 17 heteroatoms. The van der Waals surface area contributed by atoms with Crippen LogP contribution >= 0.6 is 23.2 Å². The minimum atomic E-state index is -0.508. The molecule has 0 unspecified atom stereocenters. The van der Waals surface area contributed by atoms with Crippen LogP contribution in [0.4, 0.5) is 21.9 Å². The standard InChI is InChI=1S/C34H36Cl2N12O3/c1-20(45(2)19-21-9-13-46(14-10-21)24-5-3-22(4-6-24)25-7-8-30(49)43-33(25)50)31-27(18-37-29-16-28(36)44-47(29)31)42-34(51)41-23-15-26(35)32(38-17-23)48-39-11-12-40-48/h3-6,11-12,15-18,20-21,25H,7-10,13-14,19H2,1-2H3,(H2,41,42,51)(H,43,49,50)/t20-,25+/m1/s1. The number of piperidine rings is 2. The smallest absolute Gasteiger partial charge is 0.323 e. The van der Waals surface area contributed by atoms with Crippen LogP contribution < -0.4 is 20.9 Å². The summed E-state index contributed by atoms with van der Waals surface area (Å²) in [5, 5.41) is 21.3. The molecule has 0 radical (unpaired) electrons. The predicted molar refractivity (Wildman–Crippen MR) is 192 cm³/mol. The second-order valence-electron chi connectivity index (χ2n) is 12.9. The second-order valence-corrected chi connectivity index (χ2v) is 13.7. The molecule has 4 aromatic heterocycles. The Morgan fingerprint density at radius 1 is 1.02 bits per heavy atom. The molecule has 2 fully saturated rings. The number of hydrogen-bond donors (Lipinski definition) is 3. The van der Waals surface area contributed by atoms with Gasteiger partial charge in [-0.3, -0.25) is 19.8 Å². The number of pyridine rings is 1. The van der Waals surface area contributed by atoms with Gasteiger partial charge in [-0.1, -0.05) is 35.3 Å². The third-order valence-corrected chi connectivity index (χ3v) is 10.0. The molecule has 15 nitrogen and oxygen atoms in total. The van der Waals surface area contributed by atoms with E-state index in [0.717, 1.165) is 49.4 Å². The molecular weight excluding hydrogens is 695 g/mol. The van der Waals surface area contributed by atoms with Gasteiger partial charge in [0.1, 0.15) is 0 Å². The lowest BCUT2D eigenvalue weighted by Gasteiger charge is -2.37. The summed E-state index contributed by atoms with van der Waals surface area (Å²) in [5.74, 6) is 0.0734. The first-order chi connectivity index (χ1) is 24.6. The molecule has 2 aliphatic heterocycles. The lowest BCUT2D eigenvalue weighted by molar-refractivity contribution is -0.134. The van der Waals surface area contributed by atoms with Crippen LogP contribution in [0.15, 0.2) is 61.2 Å². The number of amides is 4. The molecule has 7 rings (SSSR count). The number of carbonyl (C=O) groups excluding carboxylic acids is 3. The van der Waals surface area contributed by atoms with E-state index in [1.807, 2.05) is 12.1 Å². The van der Waals surface area contributed by atoms with Gasteiger partial charge in [0.2, 0.25) is 11.8 Å². The maximum atomic E-state index is 13.2. The zero-order valence-corrected chi connectivity index (χ0v) is 29.5. The van der Waals surface area contributed by atoms with Gasteiger partial charge in [-0.2, -0.15) is 15.3 Å². The first kappa shape index (κ1) is 34.3. The fourth-order valence-electron chi connectivity index (χ4n) is 6.75. The van der Waals surface area contributed by atoms with E-state index in [2.05, 4.69) is 77.1 Å². The van der Waals surface area contributed by atoms with E-state index in [4.69, 9.17) is 23.2 Å². The number of fused-ring (bicyclic) bond motifs is 1. The number of aromatic nitrogens is 7. The summed E-state index contributed by atoms with van der Waals surface area (Å²) in [6.45, 7) is 4.71. The van der Waals surface area contributed by atoms with Gasteiger partial charge in [0.05, 0.1) is 58.8 Å². The van der Waals surface area contributed by atoms with Crippen molar-refractivity contribution >= 4 is 63.8 Å². The number of carbonyl (C=O) groups is 3. The van der Waals surface area contributed by atoms with Crippen LogP contribution in [0.25, 0.3) is 11.5 Å². The number of hydrogen-bond acceptors (Lipinski definition) is 10. The highest BCUT2D eigenvalue weighted by Crippen LogP contribution is 2.32. The summed E-state index contributed by atoms with van der Waals surface area (Å²) in [6, 6.07) is 10.7. The van der Waals surface area contributed by atoms with Crippen LogP contribution in [0.3, 0.4) is 0 Å². The molecule has 264 valence electrons. The average Bonchev–Trinajstić information content (AvgIpc) is 3.78. The average molecular weight is 732 g/mol. The van der Waals surface area contributed by atoms with Crippen LogP contribution in [0.1, 0.15) is 55.8 Å². The Bertz CT molecular complexity index is 2060. The molecule has 6 heterocycles. The van der Waals surface area contributed by atoms with Crippen molar-refractivity contribution in [2.45, 2.75) is 44.6 Å². The van der Waals surface area contributed by atoms with Crippen molar-refractivity contribution in [3.8, 4) is 5.82 Å². The maximum Gasteiger partial charge on any atom is 0.323 e. The Morgan fingerprint density at radius 2 is 1.76 bits per heavy atom. The monoisotopic (exact) mass is 730 g/mol. The van der Waals surface area contributed by atoms with E-state index >= 15 is 0 Å². The number of rotatable bonds is 9. The Kier molecular flexibility index (Phi) is 9.84. The Morgan fingerprint density at radius 3 is 2.47 bits per heavy atom. The zero-order valence-electron chi connectivity index (χ0n) is 28.0. The molecule has 3 N–H and O–H groups in total. The summed E-state index contributed by atoms with van der Waals surface area (Å²) in [7, 11) is 2.07. The summed E-state index contributed by atoms with van der Waals surface area (Å²) in [4.78, 5) is 51.8. The fourth-order valence-corrected chi connectivity index (χ4v) is 7.17. The van der Waals surface area contributed by atoms with E-state index < -0.39 is 6.03 Å². The summed E-state index contributed by atoms with van der Waals surface area (Å²) in [6.07, 6.45) is 9.02. The largest absolute Gasteiger partial charge is 0.372 e. The number of nitrogens with one attached hydrogen (secondary N) is 3. The fraction of sp³-hybridized carbons (Fsp3) is 0.353. The van der Waals surface area contributed by atoms with Gasteiger partial charge in [-0.15, -0.1) is 4.80 Å². The van der Waals surface area contributed by atoms with Gasteiger partial charge in [0.25, 0.3) is 0 Å². The number of imide groups is 1. The van der Waals surface area contributed by atoms with Crippen LogP contribution in [0.5, 0.6) is 0 Å². The van der Waals surface area contributed by atoms with Gasteiger partial charge >= 0.3 is 6.03 Å². The lowest BCUT2D eigenvalue weighted by atomic mass is 9.90. The number of urea groups is 1. The quantitative estimate of drug-likeness (QED) is 0.174. The Balaban J connectivity index is 0.991. The Labute approximate surface area is 303 Å². The minimum Gasteiger partial charge on any atom is -0.372 e. The van der Waals surface area contributed by atoms with Crippen LogP contribution in [-0.2, 0) is 9.59 Å². The molecule has 2 aliphatic rings. The highest BCUT2D eigenvalue weighted by atomic mass is 35.5. The SMILES string of the molecule is C[C@H](c1c(NC(=O)Nc2cnc(-n3nccn3)c(Cl)c2)cnc2cc(Cl)nn12)N(C)CC1CCN(c2ccc([C@@H]3CCC(=O)NC3=O)cc2)CC1. The molecule has 1 aromatic carbocycles. The van der Waals surface area contributed by atoms with Crippen LogP contribution in [0.2, 0.25) is 10.2 Å². The molecule has 2 saturated heterocycles. The van der Waals surface area contributed by atoms with Crippen molar-refractivity contribution in [3.05, 3.63) is 82.6 Å². The van der Waals surface area contributed by atoms with Crippen molar-refractivity contribution < 1.29 is 14.4 Å². The maximum absolute atomic E-state index is 13.2. The van der Waals surface area contributed by atoms with E-state index in [1.54, 1.807) is 22.8 Å².